The van der Waals surface area contributed by atoms with Crippen molar-refractivity contribution in [1.29, 1.82) is 0 Å². The van der Waals surface area contributed by atoms with Crippen LogP contribution in [0.4, 0.5) is 0 Å². The number of nitrogens with zero attached hydrogens (tertiary/aromatic N) is 3. The smallest absolute Gasteiger partial charge is 0.264 e. The fourth-order valence-electron chi connectivity index (χ4n) is 2.91. The van der Waals surface area contributed by atoms with Crippen LogP contribution in [0.25, 0.3) is 11.4 Å². The Labute approximate surface area is 178 Å². The number of carbonyl (C=O) groups excluding carboxylic acids is 1. The van der Waals surface area contributed by atoms with Crippen LogP contribution >= 0.6 is 11.6 Å². The largest absolute Gasteiger partial charge is 0.484 e. The Morgan fingerprint density at radius 1 is 1.10 bits per heavy atom. The summed E-state index contributed by atoms with van der Waals surface area (Å²) in [5.74, 6) is 1.74. The molecule has 1 aromatic heterocycles. The molecule has 0 N–H and O–H groups in total. The van der Waals surface area contributed by atoms with Crippen molar-refractivity contribution < 1.29 is 23.5 Å². The maximum absolute atomic E-state index is 12.2. The number of amides is 1. The van der Waals surface area contributed by atoms with E-state index in [2.05, 4.69) is 10.1 Å². The van der Waals surface area contributed by atoms with E-state index in [4.69, 9.17) is 30.3 Å². The average Bonchev–Trinajstić information content (AvgIpc) is 3.27. The summed E-state index contributed by atoms with van der Waals surface area (Å²) in [5.41, 5.74) is 0.707. The number of morpholine rings is 1. The van der Waals surface area contributed by atoms with E-state index in [1.54, 1.807) is 35.2 Å². The topological polar surface area (TPSA) is 86.9 Å². The summed E-state index contributed by atoms with van der Waals surface area (Å²) in [7, 11) is 0. The lowest BCUT2D eigenvalue weighted by Crippen LogP contribution is -2.42. The molecule has 1 aliphatic rings. The molecule has 0 atom stereocenters. The van der Waals surface area contributed by atoms with Gasteiger partial charge in [0.25, 0.3) is 11.8 Å². The lowest BCUT2D eigenvalue weighted by Gasteiger charge is -2.26. The maximum Gasteiger partial charge on any atom is 0.264 e. The Bertz CT molecular complexity index is 1000. The van der Waals surface area contributed by atoms with Gasteiger partial charge in [0.15, 0.2) is 13.2 Å². The third-order valence-corrected chi connectivity index (χ3v) is 4.79. The Kier molecular flexibility index (Phi) is 6.46. The predicted molar refractivity (Wildman–Crippen MR) is 108 cm³/mol. The van der Waals surface area contributed by atoms with E-state index in [0.717, 1.165) is 0 Å². The molecule has 1 fully saturated rings. The van der Waals surface area contributed by atoms with E-state index in [9.17, 15) is 4.79 Å². The summed E-state index contributed by atoms with van der Waals surface area (Å²) in [6, 6.07) is 14.3. The van der Waals surface area contributed by atoms with E-state index in [1.807, 2.05) is 18.2 Å². The minimum atomic E-state index is -0.0673. The van der Waals surface area contributed by atoms with Gasteiger partial charge in [-0.15, -0.1) is 0 Å². The first-order chi connectivity index (χ1) is 14.7. The molecule has 3 aromatic rings. The van der Waals surface area contributed by atoms with Gasteiger partial charge in [0.05, 0.1) is 18.2 Å². The first-order valence-corrected chi connectivity index (χ1v) is 9.85. The second-order valence-corrected chi connectivity index (χ2v) is 6.95. The molecular weight excluding hydrogens is 410 g/mol. The molecule has 2 heterocycles. The zero-order chi connectivity index (χ0) is 20.8. The predicted octanol–water partition coefficient (Wildman–Crippen LogP) is 3.21. The molecule has 2 aromatic carbocycles. The second-order valence-electron chi connectivity index (χ2n) is 6.54. The number of halogens is 1. The van der Waals surface area contributed by atoms with Crippen molar-refractivity contribution in [3.63, 3.8) is 0 Å². The third kappa shape index (κ3) is 5.08. The summed E-state index contributed by atoms with van der Waals surface area (Å²) in [5, 5.41) is 4.50. The van der Waals surface area contributed by atoms with Gasteiger partial charge in [-0.25, -0.2) is 0 Å². The lowest BCUT2D eigenvalue weighted by molar-refractivity contribution is -0.137. The van der Waals surface area contributed by atoms with Crippen LogP contribution in [-0.2, 0) is 16.1 Å². The zero-order valence-electron chi connectivity index (χ0n) is 16.1. The molecule has 0 unspecified atom stereocenters. The van der Waals surface area contributed by atoms with Gasteiger partial charge in [-0.1, -0.05) is 41.0 Å². The molecule has 0 spiro atoms. The Morgan fingerprint density at radius 3 is 2.77 bits per heavy atom. The minimum Gasteiger partial charge on any atom is -0.484 e. The minimum absolute atomic E-state index is 0.0351. The van der Waals surface area contributed by atoms with Crippen LogP contribution in [0.1, 0.15) is 5.89 Å². The molecule has 1 aliphatic heterocycles. The van der Waals surface area contributed by atoms with Crippen LogP contribution in [0.5, 0.6) is 11.5 Å². The number of carbonyl (C=O) groups is 1. The molecular formula is C21H20ClN3O5. The molecule has 0 radical (unpaired) electrons. The fraction of sp³-hybridized carbons (Fsp3) is 0.286. The van der Waals surface area contributed by atoms with Crippen molar-refractivity contribution in [2.45, 2.75) is 6.61 Å². The van der Waals surface area contributed by atoms with E-state index in [1.165, 1.54) is 0 Å². The van der Waals surface area contributed by atoms with Crippen LogP contribution in [-0.4, -0.2) is 53.9 Å². The maximum atomic E-state index is 12.2. The summed E-state index contributed by atoms with van der Waals surface area (Å²) < 4.78 is 21.8. The van der Waals surface area contributed by atoms with Gasteiger partial charge in [-0.3, -0.25) is 4.79 Å². The van der Waals surface area contributed by atoms with Gasteiger partial charge >= 0.3 is 0 Å². The van der Waals surface area contributed by atoms with Crippen LogP contribution in [0, 0.1) is 0 Å². The molecule has 0 bridgehead atoms. The molecule has 1 amide bonds. The van der Waals surface area contributed by atoms with Crippen molar-refractivity contribution in [2.75, 3.05) is 32.9 Å². The van der Waals surface area contributed by atoms with Crippen LogP contribution < -0.4 is 9.47 Å². The molecule has 30 heavy (non-hydrogen) atoms. The Balaban J connectivity index is 1.35. The van der Waals surface area contributed by atoms with E-state index in [0.29, 0.717) is 60.1 Å². The monoisotopic (exact) mass is 429 g/mol. The Hall–Kier alpha value is -3.10. The Morgan fingerprint density at radius 2 is 1.93 bits per heavy atom. The van der Waals surface area contributed by atoms with Gasteiger partial charge in [0, 0.05) is 18.7 Å². The molecule has 0 aliphatic carbocycles. The molecule has 156 valence electrons. The van der Waals surface area contributed by atoms with Crippen molar-refractivity contribution in [2.24, 2.45) is 0 Å². The highest BCUT2D eigenvalue weighted by molar-refractivity contribution is 6.32. The van der Waals surface area contributed by atoms with Crippen LogP contribution in [0.15, 0.2) is 53.1 Å². The van der Waals surface area contributed by atoms with Crippen molar-refractivity contribution in [1.82, 2.24) is 15.0 Å². The van der Waals surface area contributed by atoms with Gasteiger partial charge < -0.3 is 23.6 Å². The highest BCUT2D eigenvalue weighted by Gasteiger charge is 2.17. The molecule has 1 saturated heterocycles. The van der Waals surface area contributed by atoms with E-state index >= 15 is 0 Å². The number of ether oxygens (including phenoxy) is 3. The van der Waals surface area contributed by atoms with E-state index in [-0.39, 0.29) is 19.1 Å². The number of aromatic nitrogens is 2. The molecule has 4 rings (SSSR count). The summed E-state index contributed by atoms with van der Waals surface area (Å²) in [4.78, 5) is 18.3. The first-order valence-electron chi connectivity index (χ1n) is 9.48. The molecule has 9 heteroatoms. The van der Waals surface area contributed by atoms with Gasteiger partial charge in [-0.2, -0.15) is 4.98 Å². The zero-order valence-corrected chi connectivity index (χ0v) is 16.9. The number of rotatable bonds is 7. The molecule has 8 nitrogen and oxygen atoms in total. The number of hydrogen-bond donors (Lipinski definition) is 0. The lowest BCUT2D eigenvalue weighted by atomic mass is 10.2. The summed E-state index contributed by atoms with van der Waals surface area (Å²) >= 11 is 6.07. The number of benzene rings is 2. The number of para-hydroxylation sites is 1. The molecule has 0 saturated carbocycles. The normalized spacial score (nSPS) is 13.8. The second kappa shape index (κ2) is 9.60. The first kappa shape index (κ1) is 20.2. The third-order valence-electron chi connectivity index (χ3n) is 4.47. The van der Waals surface area contributed by atoms with Gasteiger partial charge in [0.2, 0.25) is 5.82 Å². The standard InChI is InChI=1S/C21H20ClN3O5/c22-17-6-1-2-7-18(17)29-13-19-23-21(24-30-19)15-4-3-5-16(12-15)28-14-20(26)25-8-10-27-11-9-25/h1-7,12H,8-11,13-14H2. The number of hydrogen-bond acceptors (Lipinski definition) is 7. The SMILES string of the molecule is O=C(COc1cccc(-c2noc(COc3ccccc3Cl)n2)c1)N1CCOCC1. The van der Waals surface area contributed by atoms with Crippen molar-refractivity contribution >= 4 is 17.5 Å². The highest BCUT2D eigenvalue weighted by Crippen LogP contribution is 2.25. The quantitative estimate of drug-likeness (QED) is 0.570. The van der Waals surface area contributed by atoms with Gasteiger partial charge in [-0.05, 0) is 24.3 Å². The van der Waals surface area contributed by atoms with Crippen LogP contribution in [0.2, 0.25) is 5.02 Å². The summed E-state index contributed by atoms with van der Waals surface area (Å²) in [6.07, 6.45) is 0. The van der Waals surface area contributed by atoms with Crippen molar-refractivity contribution in [3.8, 4) is 22.9 Å². The van der Waals surface area contributed by atoms with Crippen molar-refractivity contribution in [3.05, 3.63) is 59.4 Å². The van der Waals surface area contributed by atoms with Gasteiger partial charge in [0.1, 0.15) is 11.5 Å². The summed E-state index contributed by atoms with van der Waals surface area (Å²) in [6.45, 7) is 2.35. The fourth-order valence-corrected chi connectivity index (χ4v) is 3.10. The van der Waals surface area contributed by atoms with E-state index < -0.39 is 0 Å². The van der Waals surface area contributed by atoms with Crippen LogP contribution in [0.3, 0.4) is 0 Å². The average molecular weight is 430 g/mol. The highest BCUT2D eigenvalue weighted by atomic mass is 35.5.